The van der Waals surface area contributed by atoms with Gasteiger partial charge >= 0.3 is 35.5 Å². The third kappa shape index (κ3) is 10.1. The lowest BCUT2D eigenvalue weighted by Gasteiger charge is -2.41. The highest BCUT2D eigenvalue weighted by Crippen LogP contribution is 2.59. The van der Waals surface area contributed by atoms with E-state index >= 15 is 0 Å². The highest BCUT2D eigenvalue weighted by Gasteiger charge is 2.90. The number of carboxylic acid groups (broad SMARTS) is 2. The van der Waals surface area contributed by atoms with Gasteiger partial charge in [0.15, 0.2) is 29.4 Å². The molecule has 0 aliphatic heterocycles. The number of halogens is 12. The molecule has 0 fully saturated rings. The molecular formula is C44H30F12O4S2. The SMILES string of the molecule is O=C([O-])C(F)(F)C(F)(F)C(F)(F)C(F)(F)C(F)(F)C(F)(F)C(=O)[O-].c1ccc([S+](c2ccccc2)c2ccccc2)cc1.c1ccc([S+](c2ccccc2)c2ccccc2)cc1. The minimum Gasteiger partial charge on any atom is -0.544 e. The van der Waals surface area contributed by atoms with Crippen molar-refractivity contribution in [2.75, 3.05) is 0 Å². The van der Waals surface area contributed by atoms with Crippen molar-refractivity contribution in [2.45, 2.75) is 64.9 Å². The van der Waals surface area contributed by atoms with E-state index in [1.807, 2.05) is 0 Å². The third-order valence-corrected chi connectivity index (χ3v) is 12.8. The van der Waals surface area contributed by atoms with E-state index in [1.165, 1.54) is 29.4 Å². The van der Waals surface area contributed by atoms with Crippen molar-refractivity contribution in [3.05, 3.63) is 182 Å². The summed E-state index contributed by atoms with van der Waals surface area (Å²) < 4.78 is 152. The van der Waals surface area contributed by atoms with Crippen LogP contribution in [0.3, 0.4) is 0 Å². The van der Waals surface area contributed by atoms with Crippen molar-refractivity contribution in [1.29, 1.82) is 0 Å². The largest absolute Gasteiger partial charge is 0.544 e. The lowest BCUT2D eigenvalue weighted by Crippen LogP contribution is -2.74. The number of benzene rings is 6. The summed E-state index contributed by atoms with van der Waals surface area (Å²) >= 11 is 0. The van der Waals surface area contributed by atoms with Crippen LogP contribution in [0.2, 0.25) is 0 Å². The molecule has 0 aliphatic carbocycles. The summed E-state index contributed by atoms with van der Waals surface area (Å²) in [6.07, 6.45) is 0. The fraction of sp³-hybridized carbons (Fsp3) is 0.136. The monoisotopic (exact) mass is 914 g/mol. The minimum atomic E-state index is -8.17. The number of aliphatic carboxylic acids is 2. The summed E-state index contributed by atoms with van der Waals surface area (Å²) in [6, 6.07) is 64.3. The maximum Gasteiger partial charge on any atom is 0.385 e. The number of alkyl halides is 12. The van der Waals surface area contributed by atoms with E-state index in [9.17, 15) is 72.5 Å². The zero-order valence-electron chi connectivity index (χ0n) is 31.3. The van der Waals surface area contributed by atoms with Gasteiger partial charge in [0.1, 0.15) is 11.9 Å². The molecule has 6 aromatic rings. The molecule has 0 saturated carbocycles. The van der Waals surface area contributed by atoms with Crippen molar-refractivity contribution >= 4 is 33.7 Å². The Labute approximate surface area is 352 Å². The number of carbonyl (C=O) groups excluding carboxylic acids is 2. The van der Waals surface area contributed by atoms with E-state index in [2.05, 4.69) is 182 Å². The molecule has 0 aliphatic rings. The smallest absolute Gasteiger partial charge is 0.385 e. The summed E-state index contributed by atoms with van der Waals surface area (Å²) in [5.41, 5.74) is 0. The zero-order chi connectivity index (χ0) is 46.0. The summed E-state index contributed by atoms with van der Waals surface area (Å²) in [5.74, 6) is -55.5. The summed E-state index contributed by atoms with van der Waals surface area (Å²) in [7, 11) is -0.0293. The first-order chi connectivity index (χ1) is 29.0. The molecule has 6 aromatic carbocycles. The molecule has 0 spiro atoms. The number of carboxylic acids is 2. The van der Waals surface area contributed by atoms with Crippen LogP contribution in [0, 0.1) is 0 Å². The first-order valence-corrected chi connectivity index (χ1v) is 20.0. The molecule has 0 saturated heterocycles. The van der Waals surface area contributed by atoms with Gasteiger partial charge in [-0.15, -0.1) is 0 Å². The van der Waals surface area contributed by atoms with Gasteiger partial charge in [0.2, 0.25) is 0 Å². The van der Waals surface area contributed by atoms with Crippen molar-refractivity contribution in [2.24, 2.45) is 0 Å². The van der Waals surface area contributed by atoms with E-state index in [1.54, 1.807) is 0 Å². The fourth-order valence-corrected chi connectivity index (χ4v) is 9.41. The van der Waals surface area contributed by atoms with Crippen LogP contribution in [0.5, 0.6) is 0 Å². The first-order valence-electron chi connectivity index (χ1n) is 17.5. The Morgan fingerprint density at radius 3 is 0.565 bits per heavy atom. The number of hydrogen-bond donors (Lipinski definition) is 0. The van der Waals surface area contributed by atoms with E-state index in [4.69, 9.17) is 0 Å². The molecule has 4 nitrogen and oxygen atoms in total. The molecule has 0 atom stereocenters. The number of rotatable bonds is 13. The Morgan fingerprint density at radius 2 is 0.435 bits per heavy atom. The van der Waals surface area contributed by atoms with Gasteiger partial charge in [0.25, 0.3) is 0 Å². The Morgan fingerprint density at radius 1 is 0.290 bits per heavy atom. The van der Waals surface area contributed by atoms with Crippen LogP contribution < -0.4 is 10.2 Å². The normalized spacial score (nSPS) is 12.4. The Balaban J connectivity index is 0.000000206. The van der Waals surface area contributed by atoms with E-state index < -0.39 is 47.5 Å². The maximum atomic E-state index is 12.8. The Hall–Kier alpha value is -5.88. The molecule has 62 heavy (non-hydrogen) atoms. The molecule has 0 unspecified atom stereocenters. The number of hydrogen-bond acceptors (Lipinski definition) is 4. The molecule has 0 bridgehead atoms. The topological polar surface area (TPSA) is 80.3 Å². The summed E-state index contributed by atoms with van der Waals surface area (Å²) in [4.78, 5) is 27.4. The predicted octanol–water partition coefficient (Wildman–Crippen LogP) is 9.86. The van der Waals surface area contributed by atoms with Gasteiger partial charge in [-0.25, -0.2) is 0 Å². The zero-order valence-corrected chi connectivity index (χ0v) is 32.9. The Bertz CT molecular complexity index is 1980. The highest BCUT2D eigenvalue weighted by atomic mass is 32.2. The average molecular weight is 915 g/mol. The van der Waals surface area contributed by atoms with Crippen LogP contribution >= 0.6 is 0 Å². The van der Waals surface area contributed by atoms with Crippen molar-refractivity contribution < 1.29 is 72.5 Å². The van der Waals surface area contributed by atoms with Crippen LogP contribution in [-0.4, -0.2) is 47.5 Å². The van der Waals surface area contributed by atoms with Crippen LogP contribution in [0.25, 0.3) is 0 Å². The molecule has 0 N–H and O–H groups in total. The number of carbonyl (C=O) groups is 2. The second-order valence-electron chi connectivity index (χ2n) is 12.5. The molecule has 6 rings (SSSR count). The maximum absolute atomic E-state index is 12.8. The lowest BCUT2D eigenvalue weighted by atomic mass is 9.91. The second kappa shape index (κ2) is 19.9. The van der Waals surface area contributed by atoms with Gasteiger partial charge < -0.3 is 19.8 Å². The van der Waals surface area contributed by atoms with Gasteiger partial charge in [-0.05, 0) is 72.8 Å². The third-order valence-electron chi connectivity index (χ3n) is 8.36. The van der Waals surface area contributed by atoms with E-state index in [-0.39, 0.29) is 21.8 Å². The van der Waals surface area contributed by atoms with Gasteiger partial charge in [-0.3, -0.25) is 0 Å². The molecular weight excluding hydrogens is 885 g/mol. The standard InChI is InChI=1S/2C18H15S.C8H2F12O4/c2*1-4-10-16(11-5-1)19(17-12-6-2-7-13-17)18-14-8-3-9-15-18;9-3(10,1(21)22)5(13,14)7(17,18)8(19,20)6(15,16)4(11,12)2(23)24/h2*1-15H;(H,21,22)(H,23,24)/q2*+1;/p-2. The Kier molecular flexibility index (Phi) is 15.6. The quantitative estimate of drug-likeness (QED) is 0.0854. The van der Waals surface area contributed by atoms with Crippen molar-refractivity contribution in [1.82, 2.24) is 0 Å². The van der Waals surface area contributed by atoms with E-state index in [0.717, 1.165) is 0 Å². The van der Waals surface area contributed by atoms with Crippen LogP contribution in [0.15, 0.2) is 211 Å². The average Bonchev–Trinajstić information content (AvgIpc) is 3.26. The molecule has 0 heterocycles. The lowest BCUT2D eigenvalue weighted by molar-refractivity contribution is -0.435. The molecule has 326 valence electrons. The van der Waals surface area contributed by atoms with Crippen LogP contribution in [0.1, 0.15) is 0 Å². The van der Waals surface area contributed by atoms with Gasteiger partial charge in [-0.1, -0.05) is 109 Å². The van der Waals surface area contributed by atoms with E-state index in [0.29, 0.717) is 0 Å². The van der Waals surface area contributed by atoms with Crippen LogP contribution in [-0.2, 0) is 31.4 Å². The van der Waals surface area contributed by atoms with Gasteiger partial charge in [0, 0.05) is 0 Å². The van der Waals surface area contributed by atoms with Crippen molar-refractivity contribution in [3.8, 4) is 0 Å². The fourth-order valence-electron chi connectivity index (χ4n) is 5.20. The molecule has 18 heteroatoms. The highest BCUT2D eigenvalue weighted by molar-refractivity contribution is 7.97. The molecule has 0 radical (unpaired) electrons. The summed E-state index contributed by atoms with van der Waals surface area (Å²) in [6.45, 7) is 0. The predicted molar refractivity (Wildman–Crippen MR) is 203 cm³/mol. The second-order valence-corrected chi connectivity index (χ2v) is 16.6. The van der Waals surface area contributed by atoms with Crippen molar-refractivity contribution in [3.63, 3.8) is 0 Å². The van der Waals surface area contributed by atoms with Gasteiger partial charge in [-0.2, -0.15) is 52.7 Å². The molecule has 0 aromatic heterocycles. The minimum absolute atomic E-state index is 0.0146. The summed E-state index contributed by atoms with van der Waals surface area (Å²) in [5, 5.41) is 19.3. The first kappa shape index (κ1) is 48.8. The van der Waals surface area contributed by atoms with Crippen LogP contribution in [0.4, 0.5) is 52.7 Å². The van der Waals surface area contributed by atoms with Gasteiger partial charge in [0.05, 0.1) is 21.8 Å². The molecule has 0 amide bonds.